The molecule has 4 heteroatoms. The van der Waals surface area contributed by atoms with Crippen molar-refractivity contribution in [3.63, 3.8) is 0 Å². The Morgan fingerprint density at radius 1 is 1.82 bits per heavy atom. The number of carbonyl (C=O) groups excluding carboxylic acids is 1. The lowest BCUT2D eigenvalue weighted by Crippen LogP contribution is -2.29. The zero-order valence-electron chi connectivity index (χ0n) is 6.58. The van der Waals surface area contributed by atoms with Gasteiger partial charge in [-0.05, 0) is 0 Å². The first-order chi connectivity index (χ1) is 5.33. The van der Waals surface area contributed by atoms with Crippen molar-refractivity contribution in [2.24, 2.45) is 0 Å². The lowest BCUT2D eigenvalue weighted by atomic mass is 10.3. The second-order valence-corrected chi connectivity index (χ2v) is 3.81. The van der Waals surface area contributed by atoms with E-state index in [-0.39, 0.29) is 5.97 Å². The first-order valence-electron chi connectivity index (χ1n) is 3.64. The van der Waals surface area contributed by atoms with Crippen LogP contribution in [0.5, 0.6) is 0 Å². The molecule has 0 amide bonds. The van der Waals surface area contributed by atoms with Crippen molar-refractivity contribution in [3.05, 3.63) is 0 Å². The molecule has 1 radical (unpaired) electrons. The maximum absolute atomic E-state index is 10.8. The minimum atomic E-state index is -0.125. The zero-order valence-corrected chi connectivity index (χ0v) is 7.39. The number of hydrogen-bond acceptors (Lipinski definition) is 3. The summed E-state index contributed by atoms with van der Waals surface area (Å²) in [7, 11) is 1.42. The van der Waals surface area contributed by atoms with E-state index in [2.05, 4.69) is 10.1 Å². The summed E-state index contributed by atoms with van der Waals surface area (Å²) < 4.78 is 4.56. The number of rotatable bonds is 2. The monoisotopic (exact) mass is 174 g/mol. The van der Waals surface area contributed by atoms with Gasteiger partial charge in [-0.1, -0.05) is 0 Å². The normalized spacial score (nSPS) is 24.6. The van der Waals surface area contributed by atoms with Crippen LogP contribution in [0.15, 0.2) is 0 Å². The summed E-state index contributed by atoms with van der Waals surface area (Å²) >= 11 is 1.81. The molecule has 1 atom stereocenters. The van der Waals surface area contributed by atoms with E-state index in [9.17, 15) is 4.79 Å². The number of carbonyl (C=O) groups is 1. The molecule has 1 heterocycles. The molecule has 0 aliphatic carbocycles. The zero-order chi connectivity index (χ0) is 8.10. The lowest BCUT2D eigenvalue weighted by Gasteiger charge is -2.19. The van der Waals surface area contributed by atoms with Crippen molar-refractivity contribution in [1.82, 2.24) is 5.32 Å². The van der Waals surface area contributed by atoms with E-state index in [1.54, 1.807) is 0 Å². The Bertz CT molecular complexity index is 134. The van der Waals surface area contributed by atoms with Crippen molar-refractivity contribution in [1.29, 1.82) is 0 Å². The molecule has 0 aromatic heterocycles. The van der Waals surface area contributed by atoms with Gasteiger partial charge in [-0.2, -0.15) is 11.8 Å². The maximum atomic E-state index is 10.8. The van der Waals surface area contributed by atoms with E-state index in [0.29, 0.717) is 11.7 Å². The standard InChI is InChI=1S/C7H12NO2S/c1-10-7(9)4-6-5-8-2-3-11-6/h6H,2-5H2,1H3. The molecule has 0 aromatic rings. The molecule has 11 heavy (non-hydrogen) atoms. The third-order valence-electron chi connectivity index (χ3n) is 1.56. The number of methoxy groups -OCH3 is 1. The Labute approximate surface area is 70.9 Å². The molecule has 1 saturated heterocycles. The topological polar surface area (TPSA) is 40.4 Å². The summed E-state index contributed by atoms with van der Waals surface area (Å²) in [6.07, 6.45) is 0.505. The number of nitrogens with zero attached hydrogens (tertiary/aromatic N) is 1. The van der Waals surface area contributed by atoms with Crippen LogP contribution in [0, 0.1) is 0 Å². The SMILES string of the molecule is COC(=O)CC1C[N]CCS1. The summed E-state index contributed by atoms with van der Waals surface area (Å²) in [6, 6.07) is 0. The molecule has 1 aliphatic rings. The van der Waals surface area contributed by atoms with E-state index in [1.165, 1.54) is 7.11 Å². The van der Waals surface area contributed by atoms with Crippen LogP contribution < -0.4 is 5.32 Å². The van der Waals surface area contributed by atoms with Crippen molar-refractivity contribution < 1.29 is 9.53 Å². The maximum Gasteiger partial charge on any atom is 0.306 e. The van der Waals surface area contributed by atoms with Gasteiger partial charge in [0.25, 0.3) is 0 Å². The minimum absolute atomic E-state index is 0.125. The second kappa shape index (κ2) is 4.62. The average Bonchev–Trinajstić information content (AvgIpc) is 2.06. The van der Waals surface area contributed by atoms with Crippen molar-refractivity contribution >= 4 is 17.7 Å². The highest BCUT2D eigenvalue weighted by molar-refractivity contribution is 8.00. The van der Waals surface area contributed by atoms with Crippen LogP contribution in [0.4, 0.5) is 0 Å². The van der Waals surface area contributed by atoms with Gasteiger partial charge in [0.15, 0.2) is 0 Å². The second-order valence-electron chi connectivity index (χ2n) is 2.40. The third-order valence-corrected chi connectivity index (χ3v) is 2.76. The quantitative estimate of drug-likeness (QED) is 0.564. The van der Waals surface area contributed by atoms with Crippen molar-refractivity contribution in [2.75, 3.05) is 26.0 Å². The summed E-state index contributed by atoms with van der Waals surface area (Å²) in [6.45, 7) is 1.74. The van der Waals surface area contributed by atoms with Gasteiger partial charge < -0.3 is 4.74 Å². The van der Waals surface area contributed by atoms with Crippen molar-refractivity contribution in [2.45, 2.75) is 11.7 Å². The van der Waals surface area contributed by atoms with E-state index < -0.39 is 0 Å². The predicted molar refractivity (Wildman–Crippen MR) is 44.7 cm³/mol. The van der Waals surface area contributed by atoms with Gasteiger partial charge in [-0.3, -0.25) is 4.79 Å². The molecule has 1 rings (SSSR count). The van der Waals surface area contributed by atoms with Crippen LogP contribution in [-0.4, -0.2) is 37.2 Å². The van der Waals surface area contributed by atoms with E-state index in [4.69, 9.17) is 0 Å². The smallest absolute Gasteiger partial charge is 0.306 e. The molecular formula is C7H12NO2S. The molecule has 0 spiro atoms. The first kappa shape index (κ1) is 8.87. The molecular weight excluding hydrogens is 162 g/mol. The van der Waals surface area contributed by atoms with Crippen LogP contribution in [0.25, 0.3) is 0 Å². The van der Waals surface area contributed by atoms with Gasteiger partial charge in [-0.15, -0.1) is 0 Å². The van der Waals surface area contributed by atoms with Crippen LogP contribution in [0.3, 0.4) is 0 Å². The average molecular weight is 174 g/mol. The molecule has 1 unspecified atom stereocenters. The summed E-state index contributed by atoms with van der Waals surface area (Å²) in [5.41, 5.74) is 0. The fourth-order valence-electron chi connectivity index (χ4n) is 0.965. The Morgan fingerprint density at radius 3 is 3.18 bits per heavy atom. The fraction of sp³-hybridized carbons (Fsp3) is 0.857. The van der Waals surface area contributed by atoms with Crippen molar-refractivity contribution in [3.8, 4) is 0 Å². The van der Waals surface area contributed by atoms with E-state index in [0.717, 1.165) is 18.8 Å². The largest absolute Gasteiger partial charge is 0.469 e. The molecule has 1 aliphatic heterocycles. The summed E-state index contributed by atoms with van der Waals surface area (Å²) in [5.74, 6) is 0.918. The Morgan fingerprint density at radius 2 is 2.64 bits per heavy atom. The van der Waals surface area contributed by atoms with Gasteiger partial charge >= 0.3 is 5.97 Å². The Hall–Kier alpha value is -0.220. The molecule has 0 bridgehead atoms. The molecule has 1 fully saturated rings. The fourth-order valence-corrected chi connectivity index (χ4v) is 2.00. The summed E-state index contributed by atoms with van der Waals surface area (Å²) in [5, 5.41) is 4.57. The molecule has 0 aromatic carbocycles. The van der Waals surface area contributed by atoms with Gasteiger partial charge in [-0.25, -0.2) is 5.32 Å². The van der Waals surface area contributed by atoms with Gasteiger partial charge in [0.2, 0.25) is 0 Å². The lowest BCUT2D eigenvalue weighted by molar-refractivity contribution is -0.140. The van der Waals surface area contributed by atoms with Crippen LogP contribution >= 0.6 is 11.8 Å². The predicted octanol–water partition coefficient (Wildman–Crippen LogP) is 0.269. The molecule has 3 nitrogen and oxygen atoms in total. The highest BCUT2D eigenvalue weighted by atomic mass is 32.2. The number of esters is 1. The Kier molecular flexibility index (Phi) is 3.72. The van der Waals surface area contributed by atoms with Crippen LogP contribution in [0.1, 0.15) is 6.42 Å². The molecule has 0 saturated carbocycles. The minimum Gasteiger partial charge on any atom is -0.469 e. The summed E-state index contributed by atoms with van der Waals surface area (Å²) in [4.78, 5) is 10.8. The molecule has 0 N–H and O–H groups in total. The first-order valence-corrected chi connectivity index (χ1v) is 4.69. The van der Waals surface area contributed by atoms with Gasteiger partial charge in [0, 0.05) is 24.1 Å². The number of hydrogen-bond donors (Lipinski definition) is 0. The highest BCUT2D eigenvalue weighted by Gasteiger charge is 2.17. The number of thioether (sulfide) groups is 1. The van der Waals surface area contributed by atoms with Gasteiger partial charge in [0.05, 0.1) is 13.5 Å². The third kappa shape index (κ3) is 3.12. The highest BCUT2D eigenvalue weighted by Crippen LogP contribution is 2.17. The Balaban J connectivity index is 2.19. The van der Waals surface area contributed by atoms with Gasteiger partial charge in [0.1, 0.15) is 0 Å². The van der Waals surface area contributed by atoms with E-state index in [1.807, 2.05) is 11.8 Å². The van der Waals surface area contributed by atoms with Crippen LogP contribution in [-0.2, 0) is 9.53 Å². The molecule has 63 valence electrons. The van der Waals surface area contributed by atoms with E-state index >= 15 is 0 Å². The van der Waals surface area contributed by atoms with Crippen LogP contribution in [0.2, 0.25) is 0 Å². The number of ether oxygens (including phenoxy) is 1.